The summed E-state index contributed by atoms with van der Waals surface area (Å²) in [4.78, 5) is 7.02. The molecule has 1 aliphatic rings. The van der Waals surface area contributed by atoms with E-state index < -0.39 is 0 Å². The number of hydrogen-bond acceptors (Lipinski definition) is 3. The number of piperidine rings is 1. The summed E-state index contributed by atoms with van der Waals surface area (Å²) in [5.74, 6) is 0.852. The van der Waals surface area contributed by atoms with Crippen LogP contribution in [0.4, 0.5) is 5.69 Å². The Kier molecular flexibility index (Phi) is 4.69. The van der Waals surface area contributed by atoms with Gasteiger partial charge in [0, 0.05) is 36.6 Å². The molecule has 2 atom stereocenters. The van der Waals surface area contributed by atoms with Gasteiger partial charge >= 0.3 is 0 Å². The first-order valence-electron chi connectivity index (χ1n) is 7.82. The minimum Gasteiger partial charge on any atom is -0.369 e. The van der Waals surface area contributed by atoms with E-state index in [-0.39, 0.29) is 5.54 Å². The number of aromatic nitrogens is 1. The van der Waals surface area contributed by atoms with Gasteiger partial charge in [-0.15, -0.1) is 0 Å². The Hall–Kier alpha value is -1.09. The minimum atomic E-state index is 0.130. The number of pyridine rings is 1. The highest BCUT2D eigenvalue weighted by atomic mass is 15.2. The van der Waals surface area contributed by atoms with Crippen LogP contribution in [0.3, 0.4) is 0 Å². The second-order valence-electron chi connectivity index (χ2n) is 7.28. The van der Waals surface area contributed by atoms with E-state index in [1.807, 2.05) is 6.20 Å². The third-order valence-electron chi connectivity index (χ3n) is 4.07. The van der Waals surface area contributed by atoms with Crippen LogP contribution in [-0.4, -0.2) is 23.1 Å². The molecule has 2 heterocycles. The molecule has 2 rings (SSSR count). The lowest BCUT2D eigenvalue weighted by atomic mass is 9.93. The van der Waals surface area contributed by atoms with Crippen molar-refractivity contribution in [3.8, 4) is 0 Å². The van der Waals surface area contributed by atoms with Crippen molar-refractivity contribution in [1.29, 1.82) is 0 Å². The van der Waals surface area contributed by atoms with Crippen LogP contribution in [0, 0.1) is 5.92 Å². The van der Waals surface area contributed by atoms with Gasteiger partial charge in [-0.3, -0.25) is 4.98 Å². The molecule has 0 saturated carbocycles. The van der Waals surface area contributed by atoms with Crippen molar-refractivity contribution in [2.75, 3.05) is 11.4 Å². The van der Waals surface area contributed by atoms with E-state index >= 15 is 0 Å². The second-order valence-corrected chi connectivity index (χ2v) is 7.28. The molecule has 0 aromatic carbocycles. The zero-order valence-corrected chi connectivity index (χ0v) is 13.6. The van der Waals surface area contributed by atoms with Crippen LogP contribution in [-0.2, 0) is 6.54 Å². The normalized spacial score (nSPS) is 23.9. The monoisotopic (exact) mass is 275 g/mol. The van der Waals surface area contributed by atoms with E-state index in [0.717, 1.165) is 18.2 Å². The van der Waals surface area contributed by atoms with Gasteiger partial charge < -0.3 is 10.2 Å². The Morgan fingerprint density at radius 1 is 1.35 bits per heavy atom. The third kappa shape index (κ3) is 4.20. The number of anilines is 1. The average Bonchev–Trinajstić information content (AvgIpc) is 2.36. The molecule has 0 spiro atoms. The first kappa shape index (κ1) is 15.3. The lowest BCUT2D eigenvalue weighted by Crippen LogP contribution is -2.40. The van der Waals surface area contributed by atoms with Crippen LogP contribution in [0.15, 0.2) is 18.3 Å². The maximum absolute atomic E-state index is 4.49. The van der Waals surface area contributed by atoms with Gasteiger partial charge in [0.15, 0.2) is 0 Å². The van der Waals surface area contributed by atoms with Crippen LogP contribution in [0.25, 0.3) is 0 Å². The van der Waals surface area contributed by atoms with Gasteiger partial charge in [0.05, 0.1) is 5.69 Å². The first-order chi connectivity index (χ1) is 9.35. The highest BCUT2D eigenvalue weighted by molar-refractivity contribution is 5.48. The van der Waals surface area contributed by atoms with Crippen molar-refractivity contribution in [3.05, 3.63) is 24.0 Å². The number of nitrogens with zero attached hydrogens (tertiary/aromatic N) is 2. The molecule has 2 unspecified atom stereocenters. The Labute approximate surface area is 123 Å². The molecule has 1 N–H and O–H groups in total. The summed E-state index contributed by atoms with van der Waals surface area (Å²) in [5, 5.41) is 3.51. The van der Waals surface area contributed by atoms with E-state index in [1.54, 1.807) is 0 Å². The molecule has 1 aromatic rings. The molecule has 0 aliphatic carbocycles. The summed E-state index contributed by atoms with van der Waals surface area (Å²) in [7, 11) is 0. The van der Waals surface area contributed by atoms with E-state index in [0.29, 0.717) is 6.04 Å². The molecule has 0 amide bonds. The zero-order valence-electron chi connectivity index (χ0n) is 13.6. The molecular weight excluding hydrogens is 246 g/mol. The molecule has 1 aliphatic heterocycles. The van der Waals surface area contributed by atoms with Crippen molar-refractivity contribution < 1.29 is 0 Å². The summed E-state index contributed by atoms with van der Waals surface area (Å²) in [6.07, 6.45) is 4.53. The topological polar surface area (TPSA) is 28.2 Å². The van der Waals surface area contributed by atoms with Gasteiger partial charge in [0.1, 0.15) is 0 Å². The summed E-state index contributed by atoms with van der Waals surface area (Å²) < 4.78 is 0. The zero-order chi connectivity index (χ0) is 14.8. The van der Waals surface area contributed by atoms with E-state index in [1.165, 1.54) is 25.1 Å². The lowest BCUT2D eigenvalue weighted by molar-refractivity contribution is 0.377. The average molecular weight is 275 g/mol. The standard InChI is InChI=1S/C17H29N3/c1-13-7-9-20(14(2)10-13)16-6-8-18-15(11-16)12-19-17(3,4)5/h6,8,11,13-14,19H,7,9-10,12H2,1-5H3. The predicted molar refractivity (Wildman–Crippen MR) is 86.0 cm³/mol. The third-order valence-corrected chi connectivity index (χ3v) is 4.07. The Bertz CT molecular complexity index is 436. The molecular formula is C17H29N3. The number of rotatable bonds is 3. The predicted octanol–water partition coefficient (Wildman–Crippen LogP) is 3.59. The van der Waals surface area contributed by atoms with Crippen LogP contribution in [0.1, 0.15) is 53.2 Å². The van der Waals surface area contributed by atoms with Crippen molar-refractivity contribution in [3.63, 3.8) is 0 Å². The van der Waals surface area contributed by atoms with E-state index in [2.05, 4.69) is 62.0 Å². The maximum Gasteiger partial charge on any atom is 0.0562 e. The van der Waals surface area contributed by atoms with E-state index in [9.17, 15) is 0 Å². The van der Waals surface area contributed by atoms with E-state index in [4.69, 9.17) is 0 Å². The second kappa shape index (κ2) is 6.13. The minimum absolute atomic E-state index is 0.130. The SMILES string of the molecule is CC1CCN(c2ccnc(CNC(C)(C)C)c2)C(C)C1. The Morgan fingerprint density at radius 2 is 2.10 bits per heavy atom. The fourth-order valence-corrected chi connectivity index (χ4v) is 2.89. The highest BCUT2D eigenvalue weighted by Gasteiger charge is 2.23. The largest absolute Gasteiger partial charge is 0.369 e. The summed E-state index contributed by atoms with van der Waals surface area (Å²) in [6.45, 7) is 13.2. The number of nitrogens with one attached hydrogen (secondary N) is 1. The van der Waals surface area contributed by atoms with Gasteiger partial charge in [-0.25, -0.2) is 0 Å². The van der Waals surface area contributed by atoms with Crippen LogP contribution in [0.5, 0.6) is 0 Å². The van der Waals surface area contributed by atoms with Gasteiger partial charge in [0.2, 0.25) is 0 Å². The van der Waals surface area contributed by atoms with Crippen molar-refractivity contribution in [1.82, 2.24) is 10.3 Å². The van der Waals surface area contributed by atoms with Gasteiger partial charge in [-0.1, -0.05) is 6.92 Å². The first-order valence-corrected chi connectivity index (χ1v) is 7.82. The molecule has 3 heteroatoms. The molecule has 20 heavy (non-hydrogen) atoms. The van der Waals surface area contributed by atoms with Crippen LogP contribution >= 0.6 is 0 Å². The fraction of sp³-hybridized carbons (Fsp3) is 0.706. The molecule has 3 nitrogen and oxygen atoms in total. The quantitative estimate of drug-likeness (QED) is 0.913. The summed E-state index contributed by atoms with van der Waals surface area (Å²) in [5.41, 5.74) is 2.58. The molecule has 1 saturated heterocycles. The van der Waals surface area contributed by atoms with Crippen molar-refractivity contribution in [2.45, 2.75) is 65.6 Å². The van der Waals surface area contributed by atoms with Gasteiger partial charge in [-0.2, -0.15) is 0 Å². The van der Waals surface area contributed by atoms with Gasteiger partial charge in [0.25, 0.3) is 0 Å². The Balaban J connectivity index is 2.05. The lowest BCUT2D eigenvalue weighted by Gasteiger charge is -2.38. The fourth-order valence-electron chi connectivity index (χ4n) is 2.89. The molecule has 0 bridgehead atoms. The summed E-state index contributed by atoms with van der Waals surface area (Å²) >= 11 is 0. The molecule has 1 aromatic heterocycles. The molecule has 0 radical (unpaired) electrons. The Morgan fingerprint density at radius 3 is 2.75 bits per heavy atom. The number of hydrogen-bond donors (Lipinski definition) is 1. The summed E-state index contributed by atoms with van der Waals surface area (Å²) in [6, 6.07) is 5.02. The van der Waals surface area contributed by atoms with Gasteiger partial charge in [-0.05, 0) is 58.6 Å². The highest BCUT2D eigenvalue weighted by Crippen LogP contribution is 2.27. The molecule has 112 valence electrons. The molecule has 1 fully saturated rings. The van der Waals surface area contributed by atoms with Crippen LogP contribution in [0.2, 0.25) is 0 Å². The smallest absolute Gasteiger partial charge is 0.0562 e. The van der Waals surface area contributed by atoms with Crippen LogP contribution < -0.4 is 10.2 Å². The van der Waals surface area contributed by atoms with Crippen molar-refractivity contribution in [2.24, 2.45) is 5.92 Å². The maximum atomic E-state index is 4.49. The van der Waals surface area contributed by atoms with Crippen molar-refractivity contribution >= 4 is 5.69 Å².